The maximum absolute atomic E-state index is 15.4. The van der Waals surface area contributed by atoms with Gasteiger partial charge in [-0.05, 0) is 31.2 Å². The molecule has 2 aliphatic rings. The zero-order valence-electron chi connectivity index (χ0n) is 26.1. The molecule has 1 saturated heterocycles. The first-order chi connectivity index (χ1) is 22.5. The summed E-state index contributed by atoms with van der Waals surface area (Å²) in [5.74, 6) is -2.72. The molecule has 47 heavy (non-hydrogen) atoms. The molecule has 15 heteroatoms. The Hall–Kier alpha value is -4.82. The van der Waals surface area contributed by atoms with Crippen molar-refractivity contribution in [3.05, 3.63) is 76.5 Å². The predicted molar refractivity (Wildman–Crippen MR) is 170 cm³/mol. The van der Waals surface area contributed by atoms with Gasteiger partial charge in [-0.3, -0.25) is 14.3 Å². The van der Waals surface area contributed by atoms with E-state index in [2.05, 4.69) is 26.0 Å². The summed E-state index contributed by atoms with van der Waals surface area (Å²) < 4.78 is 38.9. The molecule has 1 saturated carbocycles. The molecule has 1 aliphatic heterocycles. The summed E-state index contributed by atoms with van der Waals surface area (Å²) in [6.45, 7) is 3.83. The van der Waals surface area contributed by atoms with Crippen molar-refractivity contribution >= 4 is 35.1 Å². The van der Waals surface area contributed by atoms with Crippen molar-refractivity contribution < 1.29 is 27.9 Å². The molecular weight excluding hydrogens is 634 g/mol. The van der Waals surface area contributed by atoms with Crippen molar-refractivity contribution in [2.45, 2.75) is 19.5 Å². The van der Waals surface area contributed by atoms with E-state index >= 15 is 8.78 Å². The highest BCUT2D eigenvalue weighted by molar-refractivity contribution is 6.34. The first-order valence-corrected chi connectivity index (χ1v) is 15.3. The monoisotopic (exact) mass is 666 g/mol. The SMILES string of the molecule is CNC(=O)N1C[C@@H]2[C@H](C1)[C@H]2NC(=O)c1ccc(NC(=O)c2ncc(-c3ccc(-c4cnn(CCOC)c4C)c(F)c3F)n2C)cc1Cl. The second-order valence-electron chi connectivity index (χ2n) is 11.6. The van der Waals surface area contributed by atoms with Crippen LogP contribution in [0, 0.1) is 30.4 Å². The summed E-state index contributed by atoms with van der Waals surface area (Å²) in [6, 6.07) is 7.25. The van der Waals surface area contributed by atoms with Crippen LogP contribution in [0.4, 0.5) is 19.3 Å². The zero-order chi connectivity index (χ0) is 33.6. The number of nitrogens with one attached hydrogen (secondary N) is 3. The molecule has 3 N–H and O–H groups in total. The second kappa shape index (κ2) is 12.8. The summed E-state index contributed by atoms with van der Waals surface area (Å²) in [7, 11) is 4.68. The van der Waals surface area contributed by atoms with Gasteiger partial charge < -0.3 is 30.2 Å². The van der Waals surface area contributed by atoms with Crippen LogP contribution in [0.5, 0.6) is 0 Å². The van der Waals surface area contributed by atoms with Gasteiger partial charge in [-0.25, -0.2) is 18.6 Å². The first kappa shape index (κ1) is 32.1. The number of ether oxygens (including phenoxy) is 1. The molecule has 0 bridgehead atoms. The van der Waals surface area contributed by atoms with E-state index in [1.165, 1.54) is 54.3 Å². The third-order valence-electron chi connectivity index (χ3n) is 8.91. The number of urea groups is 1. The number of imidazole rings is 1. The lowest BCUT2D eigenvalue weighted by molar-refractivity contribution is 0.0944. The van der Waals surface area contributed by atoms with E-state index in [4.69, 9.17) is 16.3 Å². The molecular formula is C32H33ClF2N8O4. The lowest BCUT2D eigenvalue weighted by Crippen LogP contribution is -2.41. The Morgan fingerprint density at radius 2 is 1.72 bits per heavy atom. The quantitative estimate of drug-likeness (QED) is 0.246. The molecule has 0 radical (unpaired) electrons. The van der Waals surface area contributed by atoms with Gasteiger partial charge >= 0.3 is 6.03 Å². The van der Waals surface area contributed by atoms with E-state index < -0.39 is 17.5 Å². The molecule has 0 unspecified atom stereocenters. The number of anilines is 1. The number of aromatic nitrogens is 4. The number of piperidine rings is 1. The number of methoxy groups -OCH3 is 1. The Morgan fingerprint density at radius 1 is 1.02 bits per heavy atom. The summed E-state index contributed by atoms with van der Waals surface area (Å²) in [5.41, 5.74) is 1.88. The zero-order valence-corrected chi connectivity index (χ0v) is 26.9. The molecule has 2 fully saturated rings. The number of halogens is 3. The Balaban J connectivity index is 1.12. The Bertz CT molecular complexity index is 1880. The van der Waals surface area contributed by atoms with E-state index in [1.807, 2.05) is 0 Å². The molecule has 3 heterocycles. The van der Waals surface area contributed by atoms with Crippen LogP contribution in [0.1, 0.15) is 26.7 Å². The third-order valence-corrected chi connectivity index (χ3v) is 9.23. The second-order valence-corrected chi connectivity index (χ2v) is 12.0. The molecule has 2 aromatic carbocycles. The molecule has 3 atom stereocenters. The van der Waals surface area contributed by atoms with Gasteiger partial charge in [0.05, 0.1) is 41.8 Å². The number of hydrogen-bond acceptors (Lipinski definition) is 6. The number of carbonyl (C=O) groups is 3. The minimum Gasteiger partial charge on any atom is -0.383 e. The van der Waals surface area contributed by atoms with Crippen LogP contribution in [-0.4, -0.2) is 82.0 Å². The van der Waals surface area contributed by atoms with E-state index in [-0.39, 0.29) is 63.0 Å². The van der Waals surface area contributed by atoms with Gasteiger partial charge in [0.2, 0.25) is 0 Å². The maximum atomic E-state index is 15.4. The molecule has 6 rings (SSSR count). The number of likely N-dealkylation sites (tertiary alicyclic amines) is 1. The van der Waals surface area contributed by atoms with Crippen molar-refractivity contribution in [3.63, 3.8) is 0 Å². The van der Waals surface area contributed by atoms with Gasteiger partial charge in [0.1, 0.15) is 0 Å². The van der Waals surface area contributed by atoms with E-state index in [9.17, 15) is 14.4 Å². The minimum absolute atomic E-state index is 0.0276. The number of fused-ring (bicyclic) bond motifs is 1. The summed E-state index contributed by atoms with van der Waals surface area (Å²) in [6.07, 6.45) is 2.78. The lowest BCUT2D eigenvalue weighted by atomic mass is 10.0. The number of rotatable bonds is 9. The normalized spacial score (nSPS) is 18.2. The topological polar surface area (TPSA) is 135 Å². The fourth-order valence-corrected chi connectivity index (χ4v) is 6.46. The molecule has 0 spiro atoms. The van der Waals surface area contributed by atoms with Gasteiger partial charge in [0.25, 0.3) is 11.8 Å². The summed E-state index contributed by atoms with van der Waals surface area (Å²) in [5, 5.41) is 12.7. The van der Waals surface area contributed by atoms with Crippen LogP contribution in [-0.2, 0) is 18.3 Å². The van der Waals surface area contributed by atoms with Crippen molar-refractivity contribution in [3.8, 4) is 22.4 Å². The first-order valence-electron chi connectivity index (χ1n) is 14.9. The highest BCUT2D eigenvalue weighted by Crippen LogP contribution is 2.45. The van der Waals surface area contributed by atoms with Gasteiger partial charge in [0.15, 0.2) is 17.5 Å². The highest BCUT2D eigenvalue weighted by atomic mass is 35.5. The predicted octanol–water partition coefficient (Wildman–Crippen LogP) is 4.09. The fraction of sp³-hybridized carbons (Fsp3) is 0.344. The van der Waals surface area contributed by atoms with E-state index in [0.29, 0.717) is 43.2 Å². The van der Waals surface area contributed by atoms with E-state index in [1.54, 1.807) is 30.7 Å². The van der Waals surface area contributed by atoms with E-state index in [0.717, 1.165) is 0 Å². The Morgan fingerprint density at radius 3 is 2.40 bits per heavy atom. The molecule has 2 aromatic heterocycles. The summed E-state index contributed by atoms with van der Waals surface area (Å²) in [4.78, 5) is 43.7. The molecule has 12 nitrogen and oxygen atoms in total. The average molecular weight is 667 g/mol. The standard InChI is InChI=1S/C32H33ClF2N8O4/c1-16-21(12-38-43(16)9-10-47-4)18-7-8-20(27(35)26(18)34)25-13-37-29(41(25)3)31(45)39-17-5-6-19(24(33)11-17)30(44)40-28-22-14-42(15-23(22)28)32(46)36-2/h5-8,11-13,22-23,28H,9-10,14-15H2,1-4H3,(H,36,46)(H,39,45)(H,40,44)/t22-,23+,28+. The van der Waals surface area contributed by atoms with Crippen molar-refractivity contribution in [2.75, 3.05) is 39.2 Å². The number of nitrogens with zero attached hydrogens (tertiary/aromatic N) is 5. The highest BCUT2D eigenvalue weighted by Gasteiger charge is 2.57. The number of carbonyl (C=O) groups excluding carboxylic acids is 3. The number of amides is 4. The van der Waals surface area contributed by atoms with Crippen molar-refractivity contribution in [1.29, 1.82) is 0 Å². The molecule has 246 valence electrons. The van der Waals surface area contributed by atoms with Crippen LogP contribution in [0.2, 0.25) is 5.02 Å². The molecule has 4 aromatic rings. The van der Waals surface area contributed by atoms with Gasteiger partial charge in [-0.2, -0.15) is 5.10 Å². The van der Waals surface area contributed by atoms with Crippen LogP contribution in [0.15, 0.2) is 42.7 Å². The van der Waals surface area contributed by atoms with Gasteiger partial charge in [0, 0.05) is 80.2 Å². The van der Waals surface area contributed by atoms with Crippen molar-refractivity contribution in [2.24, 2.45) is 18.9 Å². The number of benzene rings is 2. The van der Waals surface area contributed by atoms with Crippen LogP contribution < -0.4 is 16.0 Å². The maximum Gasteiger partial charge on any atom is 0.317 e. The third kappa shape index (κ3) is 5.94. The lowest BCUT2D eigenvalue weighted by Gasteiger charge is -2.19. The number of hydrogen-bond donors (Lipinski definition) is 3. The van der Waals surface area contributed by atoms with Gasteiger partial charge in [-0.1, -0.05) is 17.7 Å². The van der Waals surface area contributed by atoms with Crippen LogP contribution in [0.25, 0.3) is 22.4 Å². The Labute approximate surface area is 274 Å². The van der Waals surface area contributed by atoms with Crippen molar-refractivity contribution in [1.82, 2.24) is 34.9 Å². The largest absolute Gasteiger partial charge is 0.383 e. The van der Waals surface area contributed by atoms with Gasteiger partial charge in [-0.15, -0.1) is 0 Å². The van der Waals surface area contributed by atoms with Crippen LogP contribution in [0.3, 0.4) is 0 Å². The average Bonchev–Trinajstić information content (AvgIpc) is 3.41. The molecule has 4 amide bonds. The fourth-order valence-electron chi connectivity index (χ4n) is 6.20. The summed E-state index contributed by atoms with van der Waals surface area (Å²) >= 11 is 6.42. The smallest absolute Gasteiger partial charge is 0.317 e. The Kier molecular flexibility index (Phi) is 8.72. The minimum atomic E-state index is -1.08. The molecule has 1 aliphatic carbocycles. The van der Waals surface area contributed by atoms with Crippen LogP contribution >= 0.6 is 11.6 Å².